The van der Waals surface area contributed by atoms with E-state index in [1.54, 1.807) is 27.7 Å². The number of likely N-dealkylation sites (tertiary alicyclic amines) is 1. The molecule has 1 aromatic heterocycles. The number of rotatable bonds is 3. The van der Waals surface area contributed by atoms with Crippen molar-refractivity contribution in [3.63, 3.8) is 0 Å². The lowest BCUT2D eigenvalue weighted by molar-refractivity contribution is 0.0688. The molecule has 1 aliphatic heterocycles. The molecule has 0 radical (unpaired) electrons. The van der Waals surface area contributed by atoms with E-state index in [9.17, 15) is 14.0 Å². The van der Waals surface area contributed by atoms with Gasteiger partial charge in [0.05, 0.1) is 5.56 Å². The van der Waals surface area contributed by atoms with Crippen LogP contribution in [-0.4, -0.2) is 40.4 Å². The smallest absolute Gasteiger partial charge is 0.270 e. The zero-order valence-corrected chi connectivity index (χ0v) is 15.4. The van der Waals surface area contributed by atoms with E-state index in [0.717, 1.165) is 4.47 Å². The van der Waals surface area contributed by atoms with E-state index >= 15 is 0 Å². The summed E-state index contributed by atoms with van der Waals surface area (Å²) in [5.41, 5.74) is 0.676. The zero-order chi connectivity index (χ0) is 18.0. The van der Waals surface area contributed by atoms with Crippen molar-refractivity contribution >= 4 is 27.7 Å². The van der Waals surface area contributed by atoms with Crippen molar-refractivity contribution in [3.8, 4) is 0 Å². The highest BCUT2D eigenvalue weighted by Gasteiger charge is 2.26. The van der Waals surface area contributed by atoms with Crippen LogP contribution < -0.4 is 5.32 Å². The van der Waals surface area contributed by atoms with Crippen molar-refractivity contribution in [3.05, 3.63) is 58.1 Å². The predicted molar refractivity (Wildman–Crippen MR) is 95.9 cm³/mol. The van der Waals surface area contributed by atoms with Crippen molar-refractivity contribution in [1.29, 1.82) is 0 Å². The molecule has 132 valence electrons. The fraction of sp³-hybridized carbons (Fsp3) is 0.333. The van der Waals surface area contributed by atoms with Gasteiger partial charge in [-0.3, -0.25) is 9.59 Å². The number of nitrogens with one attached hydrogen (secondary N) is 1. The predicted octanol–water partition coefficient (Wildman–Crippen LogP) is 2.96. The molecule has 0 unspecified atom stereocenters. The molecule has 1 saturated heterocycles. The number of carbonyl (C=O) groups is 2. The minimum absolute atomic E-state index is 0.0212. The molecule has 0 bridgehead atoms. The molecule has 7 heteroatoms. The van der Waals surface area contributed by atoms with Gasteiger partial charge in [-0.25, -0.2) is 4.39 Å². The highest BCUT2D eigenvalue weighted by molar-refractivity contribution is 9.10. The minimum atomic E-state index is -0.526. The van der Waals surface area contributed by atoms with Crippen LogP contribution in [0.2, 0.25) is 0 Å². The lowest BCUT2D eigenvalue weighted by Gasteiger charge is -2.32. The van der Waals surface area contributed by atoms with E-state index < -0.39 is 11.7 Å². The largest absolute Gasteiger partial charge is 0.349 e. The highest BCUT2D eigenvalue weighted by Crippen LogP contribution is 2.19. The van der Waals surface area contributed by atoms with Crippen LogP contribution in [0.3, 0.4) is 0 Å². The van der Waals surface area contributed by atoms with Crippen molar-refractivity contribution in [2.75, 3.05) is 13.1 Å². The maximum Gasteiger partial charge on any atom is 0.270 e. The van der Waals surface area contributed by atoms with E-state index in [1.807, 2.05) is 13.2 Å². The first-order valence-electron chi connectivity index (χ1n) is 8.12. The van der Waals surface area contributed by atoms with Crippen molar-refractivity contribution in [2.45, 2.75) is 18.9 Å². The van der Waals surface area contributed by atoms with Crippen molar-refractivity contribution < 1.29 is 14.0 Å². The Balaban J connectivity index is 1.57. The van der Waals surface area contributed by atoms with E-state index in [-0.39, 0.29) is 17.5 Å². The van der Waals surface area contributed by atoms with E-state index in [2.05, 4.69) is 21.2 Å². The second kappa shape index (κ2) is 7.39. The number of hydrogen-bond acceptors (Lipinski definition) is 2. The summed E-state index contributed by atoms with van der Waals surface area (Å²) in [5.74, 6) is -0.955. The molecule has 5 nitrogen and oxygen atoms in total. The molecule has 0 saturated carbocycles. The van der Waals surface area contributed by atoms with Gasteiger partial charge < -0.3 is 14.8 Å². The maximum absolute atomic E-state index is 13.7. The Hall–Kier alpha value is -2.15. The second-order valence-electron chi connectivity index (χ2n) is 6.17. The Morgan fingerprint density at radius 1 is 1.24 bits per heavy atom. The summed E-state index contributed by atoms with van der Waals surface area (Å²) < 4.78 is 16.3. The number of aryl methyl sites for hydroxylation is 1. The Kier molecular flexibility index (Phi) is 5.22. The fourth-order valence-corrected chi connectivity index (χ4v) is 3.56. The number of carbonyl (C=O) groups excluding carboxylic acids is 2. The van der Waals surface area contributed by atoms with Crippen molar-refractivity contribution in [2.24, 2.45) is 7.05 Å². The standard InChI is InChI=1S/C18H19BrFN3O2/c1-22-11-12(19)10-16(22)18(25)23-8-6-13(7-9-23)21-17(24)14-4-2-3-5-15(14)20/h2-5,10-11,13H,6-9H2,1H3,(H,21,24). The Morgan fingerprint density at radius 3 is 2.52 bits per heavy atom. The van der Waals surface area contributed by atoms with Gasteiger partial charge in [-0.2, -0.15) is 0 Å². The molecule has 2 aromatic rings. The molecular formula is C18H19BrFN3O2. The average molecular weight is 408 g/mol. The zero-order valence-electron chi connectivity index (χ0n) is 13.8. The molecule has 3 rings (SSSR count). The van der Waals surface area contributed by atoms with Crippen LogP contribution in [0.25, 0.3) is 0 Å². The van der Waals surface area contributed by atoms with Gasteiger partial charge in [0.15, 0.2) is 0 Å². The SMILES string of the molecule is Cn1cc(Br)cc1C(=O)N1CCC(NC(=O)c2ccccc2F)CC1. The quantitative estimate of drug-likeness (QED) is 0.849. The van der Waals surface area contributed by atoms with E-state index in [0.29, 0.717) is 31.6 Å². The molecule has 0 atom stereocenters. The monoisotopic (exact) mass is 407 g/mol. The minimum Gasteiger partial charge on any atom is -0.349 e. The van der Waals surface area contributed by atoms with E-state index in [1.165, 1.54) is 12.1 Å². The number of nitrogens with zero attached hydrogens (tertiary/aromatic N) is 2. The molecule has 0 aliphatic carbocycles. The van der Waals surface area contributed by atoms with E-state index in [4.69, 9.17) is 0 Å². The topological polar surface area (TPSA) is 54.3 Å². The lowest BCUT2D eigenvalue weighted by Crippen LogP contribution is -2.47. The summed E-state index contributed by atoms with van der Waals surface area (Å²) in [6.07, 6.45) is 3.14. The number of halogens is 2. The van der Waals surface area contributed by atoms with Gasteiger partial charge in [0.2, 0.25) is 0 Å². The molecule has 1 aliphatic rings. The van der Waals surface area contributed by atoms with Gasteiger partial charge in [-0.15, -0.1) is 0 Å². The van der Waals surface area contributed by atoms with Gasteiger partial charge in [-0.05, 0) is 47.0 Å². The summed E-state index contributed by atoms with van der Waals surface area (Å²) in [7, 11) is 1.83. The molecule has 25 heavy (non-hydrogen) atoms. The Morgan fingerprint density at radius 2 is 1.92 bits per heavy atom. The van der Waals surface area contributed by atoms with Crippen LogP contribution in [-0.2, 0) is 7.05 Å². The maximum atomic E-state index is 13.7. The third kappa shape index (κ3) is 3.92. The van der Waals surface area contributed by atoms with Crippen LogP contribution in [0.4, 0.5) is 4.39 Å². The number of aromatic nitrogens is 1. The van der Waals surface area contributed by atoms with Gasteiger partial charge in [0, 0.05) is 36.8 Å². The van der Waals surface area contributed by atoms with Crippen LogP contribution >= 0.6 is 15.9 Å². The summed E-state index contributed by atoms with van der Waals surface area (Å²) in [6, 6.07) is 7.67. The van der Waals surface area contributed by atoms with Crippen LogP contribution in [0.15, 0.2) is 41.0 Å². The average Bonchev–Trinajstić information content (AvgIpc) is 2.93. The van der Waals surface area contributed by atoms with Gasteiger partial charge in [-0.1, -0.05) is 12.1 Å². The summed E-state index contributed by atoms with van der Waals surface area (Å²) in [5, 5.41) is 2.86. The number of amides is 2. The highest BCUT2D eigenvalue weighted by atomic mass is 79.9. The van der Waals surface area contributed by atoms with Crippen LogP contribution in [0, 0.1) is 5.82 Å². The molecule has 2 heterocycles. The number of hydrogen-bond donors (Lipinski definition) is 1. The Labute approximate surface area is 153 Å². The van der Waals surface area contributed by atoms with Crippen molar-refractivity contribution in [1.82, 2.24) is 14.8 Å². The normalized spacial score (nSPS) is 15.2. The summed E-state index contributed by atoms with van der Waals surface area (Å²) >= 11 is 3.37. The van der Waals surface area contributed by atoms with Gasteiger partial charge in [0.1, 0.15) is 11.5 Å². The second-order valence-corrected chi connectivity index (χ2v) is 7.09. The van der Waals surface area contributed by atoms with Gasteiger partial charge in [0.25, 0.3) is 11.8 Å². The molecule has 1 aromatic carbocycles. The third-order valence-electron chi connectivity index (χ3n) is 4.43. The summed E-state index contributed by atoms with van der Waals surface area (Å²) in [4.78, 5) is 26.5. The Bertz CT molecular complexity index is 797. The summed E-state index contributed by atoms with van der Waals surface area (Å²) in [6.45, 7) is 1.12. The lowest BCUT2D eigenvalue weighted by atomic mass is 10.0. The van der Waals surface area contributed by atoms with Gasteiger partial charge >= 0.3 is 0 Å². The third-order valence-corrected chi connectivity index (χ3v) is 4.86. The number of piperidine rings is 1. The molecule has 0 spiro atoms. The first kappa shape index (κ1) is 17.7. The molecule has 2 amide bonds. The molecular weight excluding hydrogens is 389 g/mol. The van der Waals surface area contributed by atoms with Crippen LogP contribution in [0.5, 0.6) is 0 Å². The fourth-order valence-electron chi connectivity index (χ4n) is 3.03. The molecule has 1 fully saturated rings. The first-order chi connectivity index (χ1) is 12.0. The molecule has 1 N–H and O–H groups in total. The first-order valence-corrected chi connectivity index (χ1v) is 8.91. The number of benzene rings is 1. The van der Waals surface area contributed by atoms with Crippen LogP contribution in [0.1, 0.15) is 33.7 Å².